The molecule has 2 nitrogen and oxygen atoms in total. The fourth-order valence-corrected chi connectivity index (χ4v) is 1.90. The third kappa shape index (κ3) is 1.99. The van der Waals surface area contributed by atoms with E-state index in [1.165, 1.54) is 6.92 Å². The standard InChI is InChI=1S/C6H9F5O2S/c1-3-4(2)14(12,13)6(10,11)5(7,8)9/h4H,3H2,1-2H3. The summed E-state index contributed by atoms with van der Waals surface area (Å²) < 4.78 is 81.5. The molecule has 0 saturated heterocycles. The van der Waals surface area contributed by atoms with E-state index >= 15 is 0 Å². The minimum absolute atomic E-state index is 0.298. The molecular formula is C6H9F5O2S. The smallest absolute Gasteiger partial charge is 0.222 e. The second-order valence-corrected chi connectivity index (χ2v) is 5.19. The summed E-state index contributed by atoms with van der Waals surface area (Å²) in [4.78, 5) is 0. The van der Waals surface area contributed by atoms with Crippen molar-refractivity contribution in [3.05, 3.63) is 0 Å². The summed E-state index contributed by atoms with van der Waals surface area (Å²) in [5.74, 6) is 0. The predicted octanol–water partition coefficient (Wildman–Crippen LogP) is 2.35. The molecule has 0 aliphatic carbocycles. The van der Waals surface area contributed by atoms with Crippen molar-refractivity contribution in [2.75, 3.05) is 0 Å². The lowest BCUT2D eigenvalue weighted by Crippen LogP contribution is -2.47. The van der Waals surface area contributed by atoms with Crippen LogP contribution in [0.5, 0.6) is 0 Å². The van der Waals surface area contributed by atoms with Crippen LogP contribution < -0.4 is 0 Å². The number of sulfone groups is 1. The fourth-order valence-electron chi connectivity index (χ4n) is 0.633. The minimum Gasteiger partial charge on any atom is -0.222 e. The van der Waals surface area contributed by atoms with E-state index in [1.54, 1.807) is 0 Å². The lowest BCUT2D eigenvalue weighted by molar-refractivity contribution is -0.241. The zero-order chi connectivity index (χ0) is 11.8. The Bertz CT molecular complexity index is 292. The summed E-state index contributed by atoms with van der Waals surface area (Å²) in [5.41, 5.74) is 0. The molecule has 0 rings (SSSR count). The van der Waals surface area contributed by atoms with Gasteiger partial charge in [0.25, 0.3) is 0 Å². The van der Waals surface area contributed by atoms with Crippen molar-refractivity contribution in [1.82, 2.24) is 0 Å². The Kier molecular flexibility index (Phi) is 3.53. The molecular weight excluding hydrogens is 231 g/mol. The van der Waals surface area contributed by atoms with E-state index < -0.39 is 26.5 Å². The Balaban J connectivity index is 5.31. The van der Waals surface area contributed by atoms with Crippen molar-refractivity contribution < 1.29 is 30.4 Å². The molecule has 86 valence electrons. The van der Waals surface area contributed by atoms with E-state index in [2.05, 4.69) is 0 Å². The van der Waals surface area contributed by atoms with E-state index in [-0.39, 0.29) is 6.42 Å². The molecule has 0 fully saturated rings. The molecule has 0 bridgehead atoms. The van der Waals surface area contributed by atoms with Crippen molar-refractivity contribution in [2.45, 2.75) is 36.9 Å². The van der Waals surface area contributed by atoms with Gasteiger partial charge in [-0.25, -0.2) is 8.42 Å². The summed E-state index contributed by atoms with van der Waals surface area (Å²) >= 11 is 0. The van der Waals surface area contributed by atoms with Crippen LogP contribution in [0.25, 0.3) is 0 Å². The van der Waals surface area contributed by atoms with Gasteiger partial charge < -0.3 is 0 Å². The molecule has 0 saturated carbocycles. The molecule has 0 radical (unpaired) electrons. The highest BCUT2D eigenvalue weighted by molar-refractivity contribution is 7.93. The van der Waals surface area contributed by atoms with Gasteiger partial charge in [-0.2, -0.15) is 22.0 Å². The summed E-state index contributed by atoms with van der Waals surface area (Å²) in [5, 5.41) is -7.39. The van der Waals surface area contributed by atoms with Gasteiger partial charge in [0.2, 0.25) is 9.84 Å². The van der Waals surface area contributed by atoms with Gasteiger partial charge in [-0.1, -0.05) is 6.92 Å². The zero-order valence-corrected chi connectivity index (χ0v) is 8.22. The van der Waals surface area contributed by atoms with Crippen LogP contribution in [0.2, 0.25) is 0 Å². The van der Waals surface area contributed by atoms with Gasteiger partial charge in [-0.05, 0) is 13.3 Å². The van der Waals surface area contributed by atoms with Gasteiger partial charge >= 0.3 is 11.4 Å². The number of alkyl halides is 5. The van der Waals surface area contributed by atoms with Gasteiger partial charge in [0, 0.05) is 0 Å². The lowest BCUT2D eigenvalue weighted by atomic mass is 10.4. The minimum atomic E-state index is -6.06. The normalized spacial score (nSPS) is 16.8. The van der Waals surface area contributed by atoms with Crippen LogP contribution >= 0.6 is 0 Å². The molecule has 0 aliphatic heterocycles. The molecule has 0 heterocycles. The van der Waals surface area contributed by atoms with Crippen LogP contribution in [0.1, 0.15) is 20.3 Å². The Hall–Kier alpha value is -0.400. The molecule has 0 aromatic carbocycles. The quantitative estimate of drug-likeness (QED) is 0.709. The van der Waals surface area contributed by atoms with Crippen LogP contribution in [-0.4, -0.2) is 25.1 Å². The Morgan fingerprint density at radius 2 is 1.50 bits per heavy atom. The molecule has 0 amide bonds. The van der Waals surface area contributed by atoms with Gasteiger partial charge in [0.1, 0.15) is 0 Å². The van der Waals surface area contributed by atoms with E-state index in [1.807, 2.05) is 0 Å². The Morgan fingerprint density at radius 1 is 1.14 bits per heavy atom. The largest absolute Gasteiger partial charge is 0.469 e. The molecule has 0 aliphatic rings. The zero-order valence-electron chi connectivity index (χ0n) is 7.40. The van der Waals surface area contributed by atoms with Crippen LogP contribution in [0.4, 0.5) is 22.0 Å². The molecule has 0 aromatic heterocycles. The van der Waals surface area contributed by atoms with Crippen LogP contribution in [0, 0.1) is 0 Å². The SMILES string of the molecule is CCC(C)S(=O)(=O)C(F)(F)C(F)(F)F. The maximum Gasteiger partial charge on any atom is 0.469 e. The third-order valence-corrected chi connectivity index (χ3v) is 4.13. The lowest BCUT2D eigenvalue weighted by Gasteiger charge is -2.22. The number of hydrogen-bond acceptors (Lipinski definition) is 2. The van der Waals surface area contributed by atoms with Gasteiger partial charge in [0.05, 0.1) is 5.25 Å². The van der Waals surface area contributed by atoms with Crippen LogP contribution in [0.15, 0.2) is 0 Å². The first-order chi connectivity index (χ1) is 5.98. The van der Waals surface area contributed by atoms with Gasteiger partial charge in [-0.15, -0.1) is 0 Å². The molecule has 0 N–H and O–H groups in total. The number of rotatable bonds is 3. The van der Waals surface area contributed by atoms with Gasteiger partial charge in [-0.3, -0.25) is 0 Å². The summed E-state index contributed by atoms with van der Waals surface area (Å²) in [6, 6.07) is 0. The van der Waals surface area contributed by atoms with Crippen molar-refractivity contribution in [3.63, 3.8) is 0 Å². The van der Waals surface area contributed by atoms with E-state index in [9.17, 15) is 30.4 Å². The first-order valence-electron chi connectivity index (χ1n) is 3.66. The molecule has 14 heavy (non-hydrogen) atoms. The van der Waals surface area contributed by atoms with Crippen molar-refractivity contribution in [3.8, 4) is 0 Å². The first kappa shape index (κ1) is 13.6. The van der Waals surface area contributed by atoms with Gasteiger partial charge in [0.15, 0.2) is 0 Å². The van der Waals surface area contributed by atoms with Crippen molar-refractivity contribution in [2.24, 2.45) is 0 Å². The van der Waals surface area contributed by atoms with E-state index in [0.29, 0.717) is 0 Å². The van der Waals surface area contributed by atoms with Crippen LogP contribution in [0.3, 0.4) is 0 Å². The first-order valence-corrected chi connectivity index (χ1v) is 5.21. The van der Waals surface area contributed by atoms with Crippen LogP contribution in [-0.2, 0) is 9.84 Å². The highest BCUT2D eigenvalue weighted by Crippen LogP contribution is 2.41. The predicted molar refractivity (Wildman–Crippen MR) is 39.7 cm³/mol. The average molecular weight is 240 g/mol. The maximum atomic E-state index is 12.4. The Morgan fingerprint density at radius 3 is 1.71 bits per heavy atom. The van der Waals surface area contributed by atoms with E-state index in [4.69, 9.17) is 0 Å². The fraction of sp³-hybridized carbons (Fsp3) is 1.00. The summed E-state index contributed by atoms with van der Waals surface area (Å²) in [7, 11) is -5.50. The maximum absolute atomic E-state index is 12.4. The molecule has 0 aromatic rings. The molecule has 8 heteroatoms. The highest BCUT2D eigenvalue weighted by Gasteiger charge is 2.67. The summed E-state index contributed by atoms with van der Waals surface area (Å²) in [6.07, 6.45) is -6.36. The Labute approximate surface area is 78.0 Å². The van der Waals surface area contributed by atoms with Crippen molar-refractivity contribution >= 4 is 9.84 Å². The highest BCUT2D eigenvalue weighted by atomic mass is 32.2. The number of halogens is 5. The second-order valence-electron chi connectivity index (χ2n) is 2.78. The second kappa shape index (κ2) is 3.63. The summed E-state index contributed by atoms with van der Waals surface area (Å²) in [6.45, 7) is 2.03. The third-order valence-electron chi connectivity index (χ3n) is 1.79. The molecule has 1 unspecified atom stereocenters. The van der Waals surface area contributed by atoms with Crippen molar-refractivity contribution in [1.29, 1.82) is 0 Å². The average Bonchev–Trinajstić information content (AvgIpc) is 2.00. The number of hydrogen-bond donors (Lipinski definition) is 0. The molecule has 1 atom stereocenters. The van der Waals surface area contributed by atoms with E-state index in [0.717, 1.165) is 6.92 Å². The monoisotopic (exact) mass is 240 g/mol. The molecule has 0 spiro atoms. The topological polar surface area (TPSA) is 34.1 Å².